The van der Waals surface area contributed by atoms with Gasteiger partial charge in [-0.1, -0.05) is 12.1 Å². The van der Waals surface area contributed by atoms with Crippen LogP contribution in [0, 0.1) is 0 Å². The van der Waals surface area contributed by atoms with Crippen molar-refractivity contribution < 1.29 is 0 Å². The molecule has 0 bridgehead atoms. The normalized spacial score (nSPS) is 14.4. The van der Waals surface area contributed by atoms with Crippen LogP contribution in [-0.2, 0) is 6.54 Å². The van der Waals surface area contributed by atoms with Crippen LogP contribution < -0.4 is 15.8 Å². The van der Waals surface area contributed by atoms with Crippen molar-refractivity contribution in [2.75, 3.05) is 49.7 Å². The van der Waals surface area contributed by atoms with Gasteiger partial charge in [0.05, 0.1) is 0 Å². The van der Waals surface area contributed by atoms with Crippen molar-refractivity contribution in [3.8, 4) is 11.1 Å². The number of benzene rings is 2. The lowest BCUT2D eigenvalue weighted by atomic mass is 10.1. The molecule has 0 saturated carbocycles. The second-order valence-corrected chi connectivity index (χ2v) is 9.65. The Balaban J connectivity index is 1.41. The highest BCUT2D eigenvalue weighted by molar-refractivity contribution is 7.98. The van der Waals surface area contributed by atoms with Gasteiger partial charge >= 0.3 is 0 Å². The van der Waals surface area contributed by atoms with E-state index in [1.807, 2.05) is 43.5 Å². The number of anilines is 3. The predicted molar refractivity (Wildman–Crippen MR) is 146 cm³/mol. The molecule has 180 valence electrons. The summed E-state index contributed by atoms with van der Waals surface area (Å²) >= 11 is 1.68. The zero-order valence-electron chi connectivity index (χ0n) is 20.4. The fourth-order valence-corrected chi connectivity index (χ4v) is 4.85. The summed E-state index contributed by atoms with van der Waals surface area (Å²) < 4.78 is 1.72. The smallest absolute Gasteiger partial charge is 0.260 e. The topological polar surface area (TPSA) is 66.3 Å². The number of thioether (sulfide) groups is 1. The zero-order chi connectivity index (χ0) is 24.4. The molecule has 1 aliphatic rings. The predicted octanol–water partition coefficient (Wildman–Crippen LogP) is 4.70. The maximum atomic E-state index is 13.3. The Morgan fingerprint density at radius 2 is 1.71 bits per heavy atom. The molecule has 0 amide bonds. The van der Waals surface area contributed by atoms with E-state index in [1.54, 1.807) is 22.5 Å². The fourth-order valence-electron chi connectivity index (χ4n) is 4.44. The monoisotopic (exact) mass is 486 g/mol. The van der Waals surface area contributed by atoms with E-state index < -0.39 is 0 Å². The van der Waals surface area contributed by atoms with E-state index in [4.69, 9.17) is 4.98 Å². The van der Waals surface area contributed by atoms with Gasteiger partial charge in [-0.3, -0.25) is 9.36 Å². The van der Waals surface area contributed by atoms with Crippen molar-refractivity contribution in [3.63, 3.8) is 0 Å². The maximum absolute atomic E-state index is 13.3. The Bertz CT molecular complexity index is 1380. The molecule has 0 atom stereocenters. The number of piperazine rings is 1. The van der Waals surface area contributed by atoms with Gasteiger partial charge in [0, 0.05) is 66.1 Å². The van der Waals surface area contributed by atoms with E-state index in [0.717, 1.165) is 42.8 Å². The lowest BCUT2D eigenvalue weighted by molar-refractivity contribution is 0.313. The van der Waals surface area contributed by atoms with Gasteiger partial charge in [-0.05, 0) is 68.3 Å². The molecule has 1 aliphatic heterocycles. The summed E-state index contributed by atoms with van der Waals surface area (Å²) in [7, 11) is 2.16. The van der Waals surface area contributed by atoms with Crippen molar-refractivity contribution in [1.29, 1.82) is 0 Å². The van der Waals surface area contributed by atoms with Crippen molar-refractivity contribution in [3.05, 3.63) is 71.1 Å². The number of nitrogens with one attached hydrogen (secondary N) is 1. The first-order valence-electron chi connectivity index (χ1n) is 11.9. The van der Waals surface area contributed by atoms with E-state index >= 15 is 0 Å². The van der Waals surface area contributed by atoms with Crippen LogP contribution in [0.2, 0.25) is 0 Å². The van der Waals surface area contributed by atoms with Crippen LogP contribution in [0.15, 0.2) is 70.5 Å². The summed E-state index contributed by atoms with van der Waals surface area (Å²) in [6.07, 6.45) is 3.83. The van der Waals surface area contributed by atoms with Gasteiger partial charge in [-0.25, -0.2) is 4.98 Å². The summed E-state index contributed by atoms with van der Waals surface area (Å²) in [6.45, 7) is 6.73. The lowest BCUT2D eigenvalue weighted by Crippen LogP contribution is -2.44. The van der Waals surface area contributed by atoms with Crippen LogP contribution in [0.25, 0.3) is 22.2 Å². The number of fused-ring (bicyclic) bond motifs is 1. The third-order valence-electron chi connectivity index (χ3n) is 6.54. The second-order valence-electron chi connectivity index (χ2n) is 8.77. The van der Waals surface area contributed by atoms with Gasteiger partial charge in [0.1, 0.15) is 5.65 Å². The highest BCUT2D eigenvalue weighted by Gasteiger charge is 2.15. The number of nitrogens with zero attached hydrogens (tertiary/aromatic N) is 5. The Morgan fingerprint density at radius 1 is 1.00 bits per heavy atom. The minimum atomic E-state index is -0.0434. The van der Waals surface area contributed by atoms with Gasteiger partial charge in [-0.15, -0.1) is 11.8 Å². The van der Waals surface area contributed by atoms with Crippen LogP contribution in [0.1, 0.15) is 6.92 Å². The number of aryl methyl sites for hydroxylation is 1. The Kier molecular flexibility index (Phi) is 6.74. The summed E-state index contributed by atoms with van der Waals surface area (Å²) in [6, 6.07) is 18.3. The number of likely N-dealkylation sites (N-methyl/N-ethyl adjacent to an activating group) is 1. The number of pyridine rings is 1. The van der Waals surface area contributed by atoms with E-state index in [-0.39, 0.29) is 5.56 Å². The van der Waals surface area contributed by atoms with Crippen LogP contribution in [0.5, 0.6) is 0 Å². The van der Waals surface area contributed by atoms with E-state index in [2.05, 4.69) is 51.4 Å². The maximum Gasteiger partial charge on any atom is 0.260 e. The molecule has 5 rings (SSSR count). The molecule has 7 nitrogen and oxygen atoms in total. The average Bonchev–Trinajstić information content (AvgIpc) is 2.89. The molecule has 3 heterocycles. The lowest BCUT2D eigenvalue weighted by Gasteiger charge is -2.34. The average molecular weight is 487 g/mol. The molecule has 1 N–H and O–H groups in total. The van der Waals surface area contributed by atoms with Crippen LogP contribution >= 0.6 is 11.8 Å². The Hall–Kier alpha value is -3.36. The Morgan fingerprint density at radius 3 is 2.37 bits per heavy atom. The molecule has 0 spiro atoms. The van der Waals surface area contributed by atoms with Crippen molar-refractivity contribution in [2.24, 2.45) is 0 Å². The van der Waals surface area contributed by atoms with E-state index in [9.17, 15) is 4.79 Å². The van der Waals surface area contributed by atoms with Crippen molar-refractivity contribution in [2.45, 2.75) is 18.4 Å². The van der Waals surface area contributed by atoms with Gasteiger partial charge in [0.2, 0.25) is 5.95 Å². The molecular formula is C27H30N6OS. The molecule has 2 aromatic carbocycles. The molecule has 35 heavy (non-hydrogen) atoms. The molecule has 1 fully saturated rings. The minimum absolute atomic E-state index is 0.0434. The van der Waals surface area contributed by atoms with Crippen LogP contribution in [-0.4, -0.2) is 58.9 Å². The largest absolute Gasteiger partial charge is 0.369 e. The number of rotatable bonds is 6. The highest BCUT2D eigenvalue weighted by atomic mass is 32.2. The number of hydrogen-bond acceptors (Lipinski definition) is 7. The standard InChI is InChI=1S/C27H30N6OS/c1-4-33-25-20(17-24(26(33)34)19-5-11-23(35-3)12-6-19)18-28-27(30-25)29-21-7-9-22(10-8-21)32-15-13-31(2)14-16-32/h5-12,17-18H,4,13-16H2,1-3H3,(H,28,29,30). The van der Waals surface area contributed by atoms with Gasteiger partial charge in [0.25, 0.3) is 5.56 Å². The molecule has 1 saturated heterocycles. The first-order valence-corrected chi connectivity index (χ1v) is 13.1. The van der Waals surface area contributed by atoms with Gasteiger partial charge in [0.15, 0.2) is 0 Å². The molecule has 0 unspecified atom stereocenters. The van der Waals surface area contributed by atoms with E-state index in [0.29, 0.717) is 23.7 Å². The molecule has 8 heteroatoms. The van der Waals surface area contributed by atoms with Crippen molar-refractivity contribution in [1.82, 2.24) is 19.4 Å². The first-order chi connectivity index (χ1) is 17.1. The first kappa shape index (κ1) is 23.4. The summed E-state index contributed by atoms with van der Waals surface area (Å²) in [5.41, 5.74) is 4.29. The third-order valence-corrected chi connectivity index (χ3v) is 7.28. The minimum Gasteiger partial charge on any atom is -0.369 e. The summed E-state index contributed by atoms with van der Waals surface area (Å²) in [5, 5.41) is 4.14. The highest BCUT2D eigenvalue weighted by Crippen LogP contribution is 2.25. The van der Waals surface area contributed by atoms with Crippen molar-refractivity contribution >= 4 is 40.1 Å². The molecular weight excluding hydrogens is 456 g/mol. The van der Waals surface area contributed by atoms with Gasteiger partial charge < -0.3 is 15.1 Å². The summed E-state index contributed by atoms with van der Waals surface area (Å²) in [5.74, 6) is 0.475. The quantitative estimate of drug-likeness (QED) is 0.397. The molecule has 0 aliphatic carbocycles. The molecule has 4 aromatic rings. The second kappa shape index (κ2) is 10.1. The van der Waals surface area contributed by atoms with E-state index in [1.165, 1.54) is 10.6 Å². The zero-order valence-corrected chi connectivity index (χ0v) is 21.2. The number of aromatic nitrogens is 3. The van der Waals surface area contributed by atoms with Gasteiger partial charge in [-0.2, -0.15) is 4.98 Å². The number of hydrogen-bond donors (Lipinski definition) is 1. The molecule has 0 radical (unpaired) electrons. The summed E-state index contributed by atoms with van der Waals surface area (Å²) in [4.78, 5) is 28.5. The third kappa shape index (κ3) is 4.90. The fraction of sp³-hybridized carbons (Fsp3) is 0.296. The SMILES string of the molecule is CCn1c(=O)c(-c2ccc(SC)cc2)cc2cnc(Nc3ccc(N4CCN(C)CC4)cc3)nc21. The Labute approximate surface area is 209 Å². The van der Waals surface area contributed by atoms with Crippen LogP contribution in [0.3, 0.4) is 0 Å². The van der Waals surface area contributed by atoms with Crippen LogP contribution in [0.4, 0.5) is 17.3 Å². The molecule has 2 aromatic heterocycles.